The fourth-order valence-electron chi connectivity index (χ4n) is 1.93. The zero-order chi connectivity index (χ0) is 13.8. The molecule has 0 radical (unpaired) electrons. The van der Waals surface area contributed by atoms with Gasteiger partial charge in [-0.2, -0.15) is 0 Å². The van der Waals surface area contributed by atoms with Crippen molar-refractivity contribution in [2.24, 2.45) is 0 Å². The van der Waals surface area contributed by atoms with Crippen LogP contribution in [-0.2, 0) is 6.54 Å². The molecule has 1 nitrogen and oxygen atoms in total. The highest BCUT2D eigenvalue weighted by Crippen LogP contribution is 2.25. The summed E-state index contributed by atoms with van der Waals surface area (Å²) in [5.74, 6) is 0. The number of hydrogen-bond acceptors (Lipinski definition) is 1. The molecule has 0 aliphatic carbocycles. The van der Waals surface area contributed by atoms with Gasteiger partial charge in [-0.1, -0.05) is 59.1 Å². The molecule has 0 amide bonds. The quantitative estimate of drug-likeness (QED) is 0.822. The molecule has 1 N–H and O–H groups in total. The van der Waals surface area contributed by atoms with E-state index in [1.807, 2.05) is 18.2 Å². The molecule has 2 aromatic carbocycles. The van der Waals surface area contributed by atoms with Gasteiger partial charge in [0.25, 0.3) is 0 Å². The molecule has 0 aliphatic heterocycles. The summed E-state index contributed by atoms with van der Waals surface area (Å²) in [5.41, 5.74) is 3.48. The number of benzene rings is 2. The maximum atomic E-state index is 6.16. The Kier molecular flexibility index (Phi) is 4.87. The van der Waals surface area contributed by atoms with Crippen molar-refractivity contribution in [3.8, 4) is 0 Å². The number of halogens is 2. The van der Waals surface area contributed by atoms with Crippen molar-refractivity contribution in [2.45, 2.75) is 26.4 Å². The molecule has 3 heteroatoms. The van der Waals surface area contributed by atoms with Crippen LogP contribution in [0.1, 0.15) is 29.7 Å². The molecule has 0 aliphatic rings. The van der Waals surface area contributed by atoms with Gasteiger partial charge in [0, 0.05) is 28.2 Å². The van der Waals surface area contributed by atoms with E-state index in [1.165, 1.54) is 11.1 Å². The highest BCUT2D eigenvalue weighted by molar-refractivity contribution is 6.35. The highest BCUT2D eigenvalue weighted by atomic mass is 35.5. The lowest BCUT2D eigenvalue weighted by Gasteiger charge is -2.16. The third-order valence-electron chi connectivity index (χ3n) is 3.22. The topological polar surface area (TPSA) is 12.0 Å². The fourth-order valence-corrected chi connectivity index (χ4v) is 2.46. The Morgan fingerprint density at radius 2 is 1.58 bits per heavy atom. The minimum Gasteiger partial charge on any atom is -0.306 e. The van der Waals surface area contributed by atoms with Crippen LogP contribution < -0.4 is 5.32 Å². The Balaban J connectivity index is 2.04. The second-order valence-corrected chi connectivity index (χ2v) is 5.53. The van der Waals surface area contributed by atoms with Crippen molar-refractivity contribution < 1.29 is 0 Å². The molecule has 0 saturated heterocycles. The Bertz CT molecular complexity index is 529. The Morgan fingerprint density at radius 1 is 1.00 bits per heavy atom. The first-order valence-electron chi connectivity index (χ1n) is 6.31. The maximum absolute atomic E-state index is 6.16. The molecule has 0 fully saturated rings. The van der Waals surface area contributed by atoms with Gasteiger partial charge < -0.3 is 5.32 Å². The summed E-state index contributed by atoms with van der Waals surface area (Å²) in [6.07, 6.45) is 0. The first-order valence-corrected chi connectivity index (χ1v) is 7.06. The summed E-state index contributed by atoms with van der Waals surface area (Å²) in [4.78, 5) is 0. The number of rotatable bonds is 4. The SMILES string of the molecule is Cc1ccc([C@H](C)NCc2c(Cl)cccc2Cl)cc1. The zero-order valence-corrected chi connectivity index (χ0v) is 12.6. The summed E-state index contributed by atoms with van der Waals surface area (Å²) in [6, 6.07) is 14.4. The molecule has 0 aromatic heterocycles. The molecule has 0 heterocycles. The molecular weight excluding hydrogens is 277 g/mol. The lowest BCUT2D eigenvalue weighted by atomic mass is 10.1. The molecule has 0 unspecified atom stereocenters. The number of hydrogen-bond donors (Lipinski definition) is 1. The zero-order valence-electron chi connectivity index (χ0n) is 11.1. The van der Waals surface area contributed by atoms with Gasteiger partial charge in [-0.15, -0.1) is 0 Å². The molecule has 2 aromatic rings. The van der Waals surface area contributed by atoms with Crippen LogP contribution in [0, 0.1) is 6.92 Å². The molecular formula is C16H17Cl2N. The van der Waals surface area contributed by atoms with Crippen LogP contribution in [-0.4, -0.2) is 0 Å². The van der Waals surface area contributed by atoms with Crippen molar-refractivity contribution >= 4 is 23.2 Å². The van der Waals surface area contributed by atoms with E-state index < -0.39 is 0 Å². The van der Waals surface area contributed by atoms with E-state index >= 15 is 0 Å². The summed E-state index contributed by atoms with van der Waals surface area (Å²) >= 11 is 12.3. The van der Waals surface area contributed by atoms with E-state index in [0.717, 1.165) is 5.56 Å². The Hall–Kier alpha value is -1.02. The van der Waals surface area contributed by atoms with E-state index in [9.17, 15) is 0 Å². The largest absolute Gasteiger partial charge is 0.306 e. The maximum Gasteiger partial charge on any atom is 0.0465 e. The van der Waals surface area contributed by atoms with E-state index in [-0.39, 0.29) is 6.04 Å². The van der Waals surface area contributed by atoms with Crippen molar-refractivity contribution in [2.75, 3.05) is 0 Å². The molecule has 0 spiro atoms. The fraction of sp³-hybridized carbons (Fsp3) is 0.250. The van der Waals surface area contributed by atoms with E-state index in [2.05, 4.69) is 43.4 Å². The predicted octanol–water partition coefficient (Wildman–Crippen LogP) is 5.15. The van der Waals surface area contributed by atoms with Crippen LogP contribution in [0.4, 0.5) is 0 Å². The first kappa shape index (κ1) is 14.4. The smallest absolute Gasteiger partial charge is 0.0465 e. The van der Waals surface area contributed by atoms with Gasteiger partial charge in [-0.3, -0.25) is 0 Å². The normalized spacial score (nSPS) is 12.4. The second kappa shape index (κ2) is 6.42. The van der Waals surface area contributed by atoms with Gasteiger partial charge in [-0.25, -0.2) is 0 Å². The van der Waals surface area contributed by atoms with Crippen molar-refractivity contribution in [3.05, 3.63) is 69.2 Å². The van der Waals surface area contributed by atoms with Crippen molar-refractivity contribution in [1.29, 1.82) is 0 Å². The van der Waals surface area contributed by atoms with Gasteiger partial charge >= 0.3 is 0 Å². The van der Waals surface area contributed by atoms with E-state index in [1.54, 1.807) is 0 Å². The lowest BCUT2D eigenvalue weighted by molar-refractivity contribution is 0.575. The van der Waals surface area contributed by atoms with Gasteiger partial charge in [0.2, 0.25) is 0 Å². The molecule has 0 bridgehead atoms. The summed E-state index contributed by atoms with van der Waals surface area (Å²) in [5, 5.41) is 4.86. The molecule has 19 heavy (non-hydrogen) atoms. The third kappa shape index (κ3) is 3.73. The van der Waals surface area contributed by atoms with Crippen LogP contribution in [0.25, 0.3) is 0 Å². The summed E-state index contributed by atoms with van der Waals surface area (Å²) < 4.78 is 0. The Labute approximate surface area is 124 Å². The van der Waals surface area contributed by atoms with Crippen LogP contribution in [0.2, 0.25) is 10.0 Å². The van der Waals surface area contributed by atoms with Crippen LogP contribution in [0.15, 0.2) is 42.5 Å². The van der Waals surface area contributed by atoms with Gasteiger partial charge in [0.05, 0.1) is 0 Å². The summed E-state index contributed by atoms with van der Waals surface area (Å²) in [7, 11) is 0. The minimum atomic E-state index is 0.257. The monoisotopic (exact) mass is 293 g/mol. The van der Waals surface area contributed by atoms with E-state index in [0.29, 0.717) is 16.6 Å². The van der Waals surface area contributed by atoms with E-state index in [4.69, 9.17) is 23.2 Å². The second-order valence-electron chi connectivity index (χ2n) is 4.71. The van der Waals surface area contributed by atoms with Crippen LogP contribution in [0.3, 0.4) is 0 Å². The average Bonchev–Trinajstić information content (AvgIpc) is 2.38. The first-order chi connectivity index (χ1) is 9.08. The third-order valence-corrected chi connectivity index (χ3v) is 3.93. The number of nitrogens with one attached hydrogen (secondary N) is 1. The molecule has 0 saturated carbocycles. The predicted molar refractivity (Wildman–Crippen MR) is 82.9 cm³/mol. The molecule has 100 valence electrons. The summed E-state index contributed by atoms with van der Waals surface area (Å²) in [6.45, 7) is 4.88. The minimum absolute atomic E-state index is 0.257. The highest BCUT2D eigenvalue weighted by Gasteiger charge is 2.08. The van der Waals surface area contributed by atoms with Crippen LogP contribution in [0.5, 0.6) is 0 Å². The van der Waals surface area contributed by atoms with Gasteiger partial charge in [0.15, 0.2) is 0 Å². The molecule has 1 atom stereocenters. The number of aryl methyl sites for hydroxylation is 1. The molecule has 2 rings (SSSR count). The van der Waals surface area contributed by atoms with Gasteiger partial charge in [0.1, 0.15) is 0 Å². The van der Waals surface area contributed by atoms with Crippen molar-refractivity contribution in [1.82, 2.24) is 5.32 Å². The Morgan fingerprint density at radius 3 is 2.16 bits per heavy atom. The lowest BCUT2D eigenvalue weighted by Crippen LogP contribution is -2.18. The van der Waals surface area contributed by atoms with Crippen LogP contribution >= 0.6 is 23.2 Å². The van der Waals surface area contributed by atoms with Gasteiger partial charge in [-0.05, 0) is 31.5 Å². The standard InChI is InChI=1S/C16H17Cl2N/c1-11-6-8-13(9-7-11)12(2)19-10-14-15(17)4-3-5-16(14)18/h3-9,12,19H,10H2,1-2H3/t12-/m0/s1. The van der Waals surface area contributed by atoms with Crippen molar-refractivity contribution in [3.63, 3.8) is 0 Å². The average molecular weight is 294 g/mol.